The third kappa shape index (κ3) is 11.6. The van der Waals surface area contributed by atoms with Crippen molar-refractivity contribution in [2.24, 2.45) is 0 Å². The van der Waals surface area contributed by atoms with Crippen molar-refractivity contribution >= 4 is 0 Å². The summed E-state index contributed by atoms with van der Waals surface area (Å²) in [5, 5.41) is 0. The molecular weight excluding hydrogens is 418 g/mol. The van der Waals surface area contributed by atoms with Crippen molar-refractivity contribution in [3.8, 4) is 17.1 Å². The molecule has 0 spiro atoms. The van der Waals surface area contributed by atoms with Crippen LogP contribution in [0.2, 0.25) is 0 Å². The van der Waals surface area contributed by atoms with Gasteiger partial charge in [-0.1, -0.05) is 83.1 Å². The van der Waals surface area contributed by atoms with Gasteiger partial charge >= 0.3 is 0 Å². The van der Waals surface area contributed by atoms with Gasteiger partial charge in [-0.3, -0.25) is 0 Å². The monoisotopic (exact) mass is 460 g/mol. The van der Waals surface area contributed by atoms with E-state index in [1.54, 1.807) is 12.4 Å². The Morgan fingerprint density at radius 1 is 0.727 bits per heavy atom. The van der Waals surface area contributed by atoms with Crippen LogP contribution in [0.1, 0.15) is 96.5 Å². The summed E-state index contributed by atoms with van der Waals surface area (Å²) in [5.41, 5.74) is 2.30. The molecular formula is C28H42F2N2O. The first-order valence-electron chi connectivity index (χ1n) is 12.9. The number of aryl methyl sites for hydroxylation is 1. The first-order valence-corrected chi connectivity index (χ1v) is 12.9. The number of ether oxygens (including phenoxy) is 1. The highest BCUT2D eigenvalue weighted by atomic mass is 19.1. The van der Waals surface area contributed by atoms with E-state index >= 15 is 0 Å². The van der Waals surface area contributed by atoms with Gasteiger partial charge in [0.25, 0.3) is 0 Å². The summed E-state index contributed by atoms with van der Waals surface area (Å²) < 4.78 is 33.2. The van der Waals surface area contributed by atoms with Gasteiger partial charge in [0.05, 0.1) is 12.4 Å². The molecule has 5 heteroatoms. The van der Waals surface area contributed by atoms with Crippen LogP contribution in [-0.2, 0) is 6.42 Å². The molecule has 184 valence electrons. The molecule has 1 aromatic carbocycles. The summed E-state index contributed by atoms with van der Waals surface area (Å²) in [6, 6.07) is 8.40. The topological polar surface area (TPSA) is 35.0 Å². The molecule has 33 heavy (non-hydrogen) atoms. The molecule has 3 nitrogen and oxygen atoms in total. The van der Waals surface area contributed by atoms with Crippen LogP contribution in [0, 0.1) is 0 Å². The third-order valence-corrected chi connectivity index (χ3v) is 6.00. The number of benzene rings is 1. The largest absolute Gasteiger partial charge is 0.487 e. The number of hydrogen-bond donors (Lipinski definition) is 0. The number of nitrogens with zero attached hydrogens (tertiary/aromatic N) is 2. The van der Waals surface area contributed by atoms with E-state index in [2.05, 4.69) is 41.2 Å². The predicted molar refractivity (Wildman–Crippen MR) is 133 cm³/mol. The molecule has 1 aromatic heterocycles. The van der Waals surface area contributed by atoms with Gasteiger partial charge in [0.15, 0.2) is 11.6 Å². The Kier molecular flexibility index (Phi) is 13.6. The quantitative estimate of drug-likeness (QED) is 0.209. The Morgan fingerprint density at radius 2 is 1.33 bits per heavy atom. The first-order chi connectivity index (χ1) is 16.1. The van der Waals surface area contributed by atoms with Crippen molar-refractivity contribution in [2.45, 2.75) is 110 Å². The fourth-order valence-electron chi connectivity index (χ4n) is 3.87. The number of rotatable bonds is 18. The molecule has 0 bridgehead atoms. The highest BCUT2D eigenvalue weighted by Gasteiger charge is 2.11. The van der Waals surface area contributed by atoms with Crippen LogP contribution in [0.3, 0.4) is 0 Å². The van der Waals surface area contributed by atoms with E-state index in [4.69, 9.17) is 4.74 Å². The van der Waals surface area contributed by atoms with Crippen molar-refractivity contribution in [2.75, 3.05) is 6.61 Å². The molecule has 2 rings (SSSR count). The summed E-state index contributed by atoms with van der Waals surface area (Å²) in [7, 11) is 0. The zero-order valence-electron chi connectivity index (χ0n) is 20.6. The van der Waals surface area contributed by atoms with Crippen LogP contribution >= 0.6 is 0 Å². The van der Waals surface area contributed by atoms with Crippen LogP contribution in [0.4, 0.5) is 8.78 Å². The van der Waals surface area contributed by atoms with Gasteiger partial charge in [0.2, 0.25) is 0 Å². The van der Waals surface area contributed by atoms with E-state index in [1.165, 1.54) is 44.1 Å². The van der Waals surface area contributed by atoms with Crippen LogP contribution < -0.4 is 4.74 Å². The number of aromatic nitrogens is 2. The Hall–Kier alpha value is -2.04. The van der Waals surface area contributed by atoms with Gasteiger partial charge in [-0.25, -0.2) is 18.7 Å². The lowest BCUT2D eigenvalue weighted by atomic mass is 10.0. The average Bonchev–Trinajstić information content (AvgIpc) is 2.84. The molecule has 0 aliphatic heterocycles. The van der Waals surface area contributed by atoms with Gasteiger partial charge in [-0.2, -0.15) is 0 Å². The van der Waals surface area contributed by atoms with Crippen LogP contribution in [0.15, 0.2) is 36.7 Å². The second-order valence-corrected chi connectivity index (χ2v) is 9.04. The summed E-state index contributed by atoms with van der Waals surface area (Å²) >= 11 is 0. The van der Waals surface area contributed by atoms with Crippen molar-refractivity contribution in [1.82, 2.24) is 9.97 Å². The molecule has 0 saturated heterocycles. The smallest absolute Gasteiger partial charge is 0.159 e. The predicted octanol–water partition coefficient (Wildman–Crippen LogP) is 8.46. The van der Waals surface area contributed by atoms with E-state index < -0.39 is 12.3 Å². The van der Waals surface area contributed by atoms with Gasteiger partial charge < -0.3 is 4.74 Å². The lowest BCUT2D eigenvalue weighted by molar-refractivity contribution is 0.177. The highest BCUT2D eigenvalue weighted by molar-refractivity contribution is 5.55. The standard InChI is InChI=1S/C28H42F2N2O/c1-3-5-7-8-9-10-12-23-16-18-24(19-17-23)28-31-20-27(21-32-28)33-22-26(30)15-11-14-25(29)13-6-4-2/h16-21,25-26H,3-15,22H2,1-2H3. The maximum atomic E-state index is 14.1. The highest BCUT2D eigenvalue weighted by Crippen LogP contribution is 2.20. The van der Waals surface area contributed by atoms with Crippen molar-refractivity contribution in [3.05, 3.63) is 42.2 Å². The Bertz CT molecular complexity index is 737. The summed E-state index contributed by atoms with van der Waals surface area (Å²) in [6.45, 7) is 4.24. The molecule has 0 N–H and O–H groups in total. The SMILES string of the molecule is CCCCCCCCc1ccc(-c2ncc(OCC(F)CCCC(F)CCCC)cn2)cc1. The van der Waals surface area contributed by atoms with Crippen LogP contribution in [0.25, 0.3) is 11.4 Å². The van der Waals surface area contributed by atoms with Crippen molar-refractivity contribution in [3.63, 3.8) is 0 Å². The molecule has 0 saturated carbocycles. The molecule has 1 heterocycles. The molecule has 2 atom stereocenters. The zero-order chi connectivity index (χ0) is 23.7. The Labute approximate surface area is 199 Å². The summed E-state index contributed by atoms with van der Waals surface area (Å²) in [5.74, 6) is 1.08. The van der Waals surface area contributed by atoms with Crippen LogP contribution in [0.5, 0.6) is 5.75 Å². The minimum atomic E-state index is -1.11. The molecule has 0 fully saturated rings. The molecule has 0 aliphatic rings. The fourth-order valence-corrected chi connectivity index (χ4v) is 3.87. The Balaban J connectivity index is 1.68. The minimum Gasteiger partial charge on any atom is -0.487 e. The molecule has 2 aromatic rings. The van der Waals surface area contributed by atoms with Crippen LogP contribution in [-0.4, -0.2) is 28.9 Å². The number of hydrogen-bond acceptors (Lipinski definition) is 3. The van der Waals surface area contributed by atoms with Gasteiger partial charge in [-0.15, -0.1) is 0 Å². The third-order valence-electron chi connectivity index (χ3n) is 6.00. The van der Waals surface area contributed by atoms with Crippen molar-refractivity contribution < 1.29 is 13.5 Å². The summed E-state index contributed by atoms with van der Waals surface area (Å²) in [6.07, 6.45) is 13.9. The number of unbranched alkanes of at least 4 members (excludes halogenated alkanes) is 6. The summed E-state index contributed by atoms with van der Waals surface area (Å²) in [4.78, 5) is 8.73. The van der Waals surface area contributed by atoms with E-state index in [9.17, 15) is 8.78 Å². The lowest BCUT2D eigenvalue weighted by Crippen LogP contribution is -2.14. The van der Waals surface area contributed by atoms with Gasteiger partial charge in [-0.05, 0) is 44.1 Å². The second-order valence-electron chi connectivity index (χ2n) is 9.04. The number of alkyl halides is 2. The maximum Gasteiger partial charge on any atom is 0.159 e. The van der Waals surface area contributed by atoms with E-state index in [-0.39, 0.29) is 6.61 Å². The maximum absolute atomic E-state index is 14.1. The zero-order valence-corrected chi connectivity index (χ0v) is 20.6. The first kappa shape index (κ1) is 27.2. The van der Waals surface area contributed by atoms with E-state index in [0.717, 1.165) is 24.8 Å². The minimum absolute atomic E-state index is 0.0538. The molecule has 0 aliphatic carbocycles. The molecule has 0 radical (unpaired) electrons. The normalized spacial score (nSPS) is 13.1. The second kappa shape index (κ2) is 16.6. The van der Waals surface area contributed by atoms with E-state index in [0.29, 0.717) is 37.3 Å². The Morgan fingerprint density at radius 3 is 2.03 bits per heavy atom. The number of halogens is 2. The van der Waals surface area contributed by atoms with Crippen molar-refractivity contribution in [1.29, 1.82) is 0 Å². The molecule has 0 amide bonds. The van der Waals surface area contributed by atoms with E-state index in [1.807, 2.05) is 6.92 Å². The van der Waals surface area contributed by atoms with Gasteiger partial charge in [0.1, 0.15) is 19.0 Å². The average molecular weight is 461 g/mol. The lowest BCUT2D eigenvalue weighted by Gasteiger charge is -2.11. The fraction of sp³-hybridized carbons (Fsp3) is 0.643. The molecule has 2 unspecified atom stereocenters. The van der Waals surface area contributed by atoms with Gasteiger partial charge in [0, 0.05) is 5.56 Å².